The molecule has 0 atom stereocenters. The lowest BCUT2D eigenvalue weighted by Gasteiger charge is -2.10. The summed E-state index contributed by atoms with van der Waals surface area (Å²) in [4.78, 5) is 10.2. The van der Waals surface area contributed by atoms with E-state index < -0.39 is 0 Å². The molecule has 0 amide bonds. The van der Waals surface area contributed by atoms with Crippen LogP contribution in [-0.4, -0.2) is 16.5 Å². The van der Waals surface area contributed by atoms with Gasteiger partial charge in [-0.3, -0.25) is 0 Å². The molecule has 0 radical (unpaired) electrons. The number of rotatable bonds is 5. The highest BCUT2D eigenvalue weighted by atomic mass is 32.1. The van der Waals surface area contributed by atoms with E-state index >= 15 is 0 Å². The number of hydrogen-bond acceptors (Lipinski definition) is 4. The second-order valence-corrected chi connectivity index (χ2v) is 8.30. The third kappa shape index (κ3) is 3.42. The smallest absolute Gasteiger partial charge is 0.137 e. The largest absolute Gasteiger partial charge is 0.369 e. The Balaban J connectivity index is 1.73. The third-order valence-electron chi connectivity index (χ3n) is 4.61. The van der Waals surface area contributed by atoms with E-state index in [9.17, 15) is 0 Å². The average molecular weight is 362 g/mol. The van der Waals surface area contributed by atoms with Crippen molar-refractivity contribution >= 4 is 38.1 Å². The monoisotopic (exact) mass is 361 g/mol. The highest BCUT2D eigenvalue weighted by molar-refractivity contribution is 7.22. The van der Waals surface area contributed by atoms with Crippen molar-refractivity contribution < 1.29 is 0 Å². The standard InChI is InChI=1S/C22H23N3S/c1-14(2)8-9-23-22-18-11-16(5-6-19(18)24-13-25-22)21-12-17-10-15(3)4-7-20(17)26-21/h4-7,10-14H,8-9H2,1-3H3,(H,23,24,25). The number of fused-ring (bicyclic) bond motifs is 2. The van der Waals surface area contributed by atoms with Crippen LogP contribution in [0.15, 0.2) is 48.8 Å². The van der Waals surface area contributed by atoms with E-state index in [1.54, 1.807) is 6.33 Å². The minimum absolute atomic E-state index is 0.674. The van der Waals surface area contributed by atoms with E-state index in [0.717, 1.165) is 29.7 Å². The summed E-state index contributed by atoms with van der Waals surface area (Å²) in [6, 6.07) is 15.4. The molecule has 2 aromatic carbocycles. The van der Waals surface area contributed by atoms with E-state index in [4.69, 9.17) is 0 Å². The summed E-state index contributed by atoms with van der Waals surface area (Å²) >= 11 is 1.83. The van der Waals surface area contributed by atoms with Gasteiger partial charge in [-0.15, -0.1) is 11.3 Å². The first-order valence-electron chi connectivity index (χ1n) is 9.09. The Morgan fingerprint density at radius 3 is 2.77 bits per heavy atom. The molecule has 0 unspecified atom stereocenters. The maximum Gasteiger partial charge on any atom is 0.137 e. The summed E-state index contributed by atoms with van der Waals surface area (Å²) in [6.45, 7) is 7.54. The van der Waals surface area contributed by atoms with E-state index in [0.29, 0.717) is 5.92 Å². The molecule has 26 heavy (non-hydrogen) atoms. The number of nitrogens with zero attached hydrogens (tertiary/aromatic N) is 2. The Morgan fingerprint density at radius 1 is 1.04 bits per heavy atom. The molecule has 4 aromatic rings. The van der Waals surface area contributed by atoms with Gasteiger partial charge in [0, 0.05) is 21.5 Å². The lowest BCUT2D eigenvalue weighted by Crippen LogP contribution is -2.06. The highest BCUT2D eigenvalue weighted by Gasteiger charge is 2.09. The van der Waals surface area contributed by atoms with Crippen molar-refractivity contribution in [3.63, 3.8) is 0 Å². The molecule has 132 valence electrons. The quantitative estimate of drug-likeness (QED) is 0.455. The van der Waals surface area contributed by atoms with Crippen molar-refractivity contribution in [2.24, 2.45) is 5.92 Å². The molecule has 0 saturated carbocycles. The van der Waals surface area contributed by atoms with E-state index in [-0.39, 0.29) is 0 Å². The Hall–Kier alpha value is -2.46. The van der Waals surface area contributed by atoms with Crippen LogP contribution in [0, 0.1) is 12.8 Å². The van der Waals surface area contributed by atoms with E-state index in [2.05, 4.69) is 78.5 Å². The van der Waals surface area contributed by atoms with E-state index in [1.807, 2.05) is 11.3 Å². The zero-order chi connectivity index (χ0) is 18.1. The second kappa shape index (κ2) is 7.04. The lowest BCUT2D eigenvalue weighted by molar-refractivity contribution is 0.607. The van der Waals surface area contributed by atoms with Crippen molar-refractivity contribution in [1.29, 1.82) is 0 Å². The fourth-order valence-electron chi connectivity index (χ4n) is 3.14. The predicted octanol–water partition coefficient (Wildman–Crippen LogP) is 6.28. The molecule has 0 spiro atoms. The van der Waals surface area contributed by atoms with Crippen LogP contribution in [0.3, 0.4) is 0 Å². The van der Waals surface area contributed by atoms with Crippen LogP contribution >= 0.6 is 11.3 Å². The molecule has 0 bridgehead atoms. The number of benzene rings is 2. The van der Waals surface area contributed by atoms with Crippen LogP contribution in [-0.2, 0) is 0 Å². The van der Waals surface area contributed by atoms with Crippen molar-refractivity contribution in [2.45, 2.75) is 27.2 Å². The number of thiophene rings is 1. The average Bonchev–Trinajstić information content (AvgIpc) is 3.04. The minimum atomic E-state index is 0.674. The predicted molar refractivity (Wildman–Crippen MR) is 113 cm³/mol. The van der Waals surface area contributed by atoms with Gasteiger partial charge in [-0.25, -0.2) is 9.97 Å². The molecule has 4 heteroatoms. The number of hydrogen-bond donors (Lipinski definition) is 1. The van der Waals surface area contributed by atoms with Gasteiger partial charge in [0.2, 0.25) is 0 Å². The van der Waals surface area contributed by atoms with Gasteiger partial charge in [-0.1, -0.05) is 37.6 Å². The maximum atomic E-state index is 4.47. The molecule has 0 aliphatic carbocycles. The summed E-state index contributed by atoms with van der Waals surface area (Å²) in [5, 5.41) is 5.88. The van der Waals surface area contributed by atoms with Crippen molar-refractivity contribution in [3.8, 4) is 10.4 Å². The van der Waals surface area contributed by atoms with Crippen molar-refractivity contribution in [3.05, 3.63) is 54.4 Å². The molecule has 0 aliphatic rings. The molecule has 2 aromatic heterocycles. The van der Waals surface area contributed by atoms with Gasteiger partial charge in [0.25, 0.3) is 0 Å². The third-order valence-corrected chi connectivity index (χ3v) is 5.77. The van der Waals surface area contributed by atoms with Crippen LogP contribution in [0.1, 0.15) is 25.8 Å². The van der Waals surface area contributed by atoms with Gasteiger partial charge in [-0.2, -0.15) is 0 Å². The molecular weight excluding hydrogens is 338 g/mol. The Labute approximate surface area is 158 Å². The summed E-state index contributed by atoms with van der Waals surface area (Å²) in [6.07, 6.45) is 2.77. The zero-order valence-corrected chi connectivity index (χ0v) is 16.2. The zero-order valence-electron chi connectivity index (χ0n) is 15.4. The summed E-state index contributed by atoms with van der Waals surface area (Å²) in [5.41, 5.74) is 3.50. The summed E-state index contributed by atoms with van der Waals surface area (Å²) in [5.74, 6) is 1.60. The minimum Gasteiger partial charge on any atom is -0.369 e. The number of nitrogens with one attached hydrogen (secondary N) is 1. The van der Waals surface area contributed by atoms with Gasteiger partial charge < -0.3 is 5.32 Å². The number of aromatic nitrogens is 2. The van der Waals surface area contributed by atoms with Crippen LogP contribution in [0.5, 0.6) is 0 Å². The summed E-state index contributed by atoms with van der Waals surface area (Å²) in [7, 11) is 0. The molecule has 2 heterocycles. The van der Waals surface area contributed by atoms with Crippen molar-refractivity contribution in [1.82, 2.24) is 9.97 Å². The topological polar surface area (TPSA) is 37.8 Å². The number of aryl methyl sites for hydroxylation is 1. The Kier molecular flexibility index (Phi) is 4.60. The molecule has 0 aliphatic heterocycles. The van der Waals surface area contributed by atoms with Crippen molar-refractivity contribution in [2.75, 3.05) is 11.9 Å². The molecule has 0 fully saturated rings. The second-order valence-electron chi connectivity index (χ2n) is 7.22. The first kappa shape index (κ1) is 17.0. The normalized spacial score (nSPS) is 11.5. The maximum absolute atomic E-state index is 4.47. The highest BCUT2D eigenvalue weighted by Crippen LogP contribution is 2.35. The Morgan fingerprint density at radius 2 is 1.92 bits per heavy atom. The molecule has 3 nitrogen and oxygen atoms in total. The molecule has 1 N–H and O–H groups in total. The van der Waals surface area contributed by atoms with Crippen LogP contribution in [0.2, 0.25) is 0 Å². The number of anilines is 1. The van der Waals surface area contributed by atoms with Crippen LogP contribution in [0.4, 0.5) is 5.82 Å². The first-order valence-corrected chi connectivity index (χ1v) is 9.91. The van der Waals surface area contributed by atoms with Gasteiger partial charge >= 0.3 is 0 Å². The molecule has 0 saturated heterocycles. The fourth-order valence-corrected chi connectivity index (χ4v) is 4.17. The fraction of sp³-hybridized carbons (Fsp3) is 0.273. The molecule has 4 rings (SSSR count). The Bertz CT molecular complexity index is 1070. The van der Waals surface area contributed by atoms with E-state index in [1.165, 1.54) is 26.1 Å². The lowest BCUT2D eigenvalue weighted by atomic mass is 10.1. The molecular formula is C22H23N3S. The van der Waals surface area contributed by atoms with Gasteiger partial charge in [0.1, 0.15) is 12.1 Å². The van der Waals surface area contributed by atoms with Gasteiger partial charge in [0.05, 0.1) is 5.52 Å². The van der Waals surface area contributed by atoms with Gasteiger partial charge in [-0.05, 0) is 54.5 Å². The first-order chi connectivity index (χ1) is 12.6. The van der Waals surface area contributed by atoms with Gasteiger partial charge in [0.15, 0.2) is 0 Å². The SMILES string of the molecule is Cc1ccc2sc(-c3ccc4ncnc(NCCC(C)C)c4c3)cc2c1. The van der Waals surface area contributed by atoms with Crippen LogP contribution < -0.4 is 5.32 Å². The summed E-state index contributed by atoms with van der Waals surface area (Å²) < 4.78 is 1.32. The van der Waals surface area contributed by atoms with Crippen LogP contribution in [0.25, 0.3) is 31.4 Å².